The summed E-state index contributed by atoms with van der Waals surface area (Å²) in [7, 11) is 0. The number of nitrogens with one attached hydrogen (secondary N) is 1. The van der Waals surface area contributed by atoms with Crippen LogP contribution in [-0.4, -0.2) is 23.9 Å². The largest absolute Gasteiger partial charge is 0.322 e. The minimum atomic E-state index is 0.0814. The average molecular weight is 244 g/mol. The number of hydrogen-bond acceptors (Lipinski definition) is 2. The van der Waals surface area contributed by atoms with Gasteiger partial charge in [-0.25, -0.2) is 0 Å². The van der Waals surface area contributed by atoms with Gasteiger partial charge in [0.15, 0.2) is 0 Å². The zero-order chi connectivity index (χ0) is 12.4. The second-order valence-corrected chi connectivity index (χ2v) is 5.37. The number of carbonyl (C=O) groups is 1. The molecule has 0 spiro atoms. The predicted molar refractivity (Wildman–Crippen MR) is 70.9 cm³/mol. The minimum absolute atomic E-state index is 0.0814. The first-order valence-corrected chi connectivity index (χ1v) is 6.92. The molecule has 3 nitrogen and oxygen atoms in total. The summed E-state index contributed by atoms with van der Waals surface area (Å²) in [5.41, 5.74) is 1.19. The van der Waals surface area contributed by atoms with Crippen LogP contribution in [0.1, 0.15) is 37.4 Å². The maximum Gasteiger partial charge on any atom is 0.238 e. The third kappa shape index (κ3) is 2.56. The topological polar surface area (TPSA) is 32.3 Å². The van der Waals surface area contributed by atoms with Gasteiger partial charge in [-0.3, -0.25) is 10.1 Å². The second kappa shape index (κ2) is 5.11. The van der Waals surface area contributed by atoms with Crippen molar-refractivity contribution < 1.29 is 4.79 Å². The molecule has 3 heteroatoms. The first kappa shape index (κ1) is 11.7. The highest BCUT2D eigenvalue weighted by molar-refractivity contribution is 5.80. The van der Waals surface area contributed by atoms with Crippen molar-refractivity contribution in [2.24, 2.45) is 5.92 Å². The van der Waals surface area contributed by atoms with Crippen LogP contribution in [0.15, 0.2) is 30.3 Å². The van der Waals surface area contributed by atoms with E-state index in [9.17, 15) is 4.79 Å². The molecule has 3 rings (SSSR count). The summed E-state index contributed by atoms with van der Waals surface area (Å²) in [6, 6.07) is 10.2. The molecule has 2 aliphatic rings. The third-order valence-electron chi connectivity index (χ3n) is 3.90. The Labute approximate surface area is 108 Å². The van der Waals surface area contributed by atoms with E-state index in [0.717, 1.165) is 18.9 Å². The van der Waals surface area contributed by atoms with Gasteiger partial charge in [0, 0.05) is 6.54 Å². The summed E-state index contributed by atoms with van der Waals surface area (Å²) in [5.74, 6) is 1.19. The number of carbonyl (C=O) groups excluding carboxylic acids is 1. The Balaban J connectivity index is 1.63. The van der Waals surface area contributed by atoms with E-state index in [1.165, 1.54) is 24.8 Å². The summed E-state index contributed by atoms with van der Waals surface area (Å²) in [5, 5.41) is 3.30. The van der Waals surface area contributed by atoms with E-state index >= 15 is 0 Å². The van der Waals surface area contributed by atoms with Crippen LogP contribution in [0.25, 0.3) is 0 Å². The predicted octanol–water partition coefficient (Wildman–Crippen LogP) is 2.31. The molecule has 1 saturated heterocycles. The van der Waals surface area contributed by atoms with Gasteiger partial charge >= 0.3 is 0 Å². The molecule has 2 fully saturated rings. The molecule has 1 aliphatic heterocycles. The lowest BCUT2D eigenvalue weighted by molar-refractivity contribution is -0.128. The van der Waals surface area contributed by atoms with Crippen molar-refractivity contribution in [3.8, 4) is 0 Å². The van der Waals surface area contributed by atoms with Crippen LogP contribution in [0, 0.1) is 5.92 Å². The molecule has 1 aliphatic carbocycles. The molecule has 1 atom stereocenters. The van der Waals surface area contributed by atoms with Gasteiger partial charge in [0.05, 0.1) is 6.54 Å². The standard InChI is InChI=1S/C15H20N2O/c18-14-11-16-15(13-6-2-1-3-7-13)17(14)10-4-5-12-8-9-12/h1-3,6-7,12,15-16H,4-5,8-11H2. The summed E-state index contributed by atoms with van der Waals surface area (Å²) in [6.07, 6.45) is 5.30. The maximum absolute atomic E-state index is 11.9. The van der Waals surface area contributed by atoms with Gasteiger partial charge in [-0.15, -0.1) is 0 Å². The Hall–Kier alpha value is -1.35. The van der Waals surface area contributed by atoms with Crippen molar-refractivity contribution >= 4 is 5.91 Å². The normalized spacial score (nSPS) is 23.7. The van der Waals surface area contributed by atoms with Gasteiger partial charge in [0.25, 0.3) is 0 Å². The SMILES string of the molecule is O=C1CNC(c2ccccc2)N1CCCC1CC1. The molecule has 96 valence electrons. The minimum Gasteiger partial charge on any atom is -0.322 e. The Morgan fingerprint density at radius 2 is 2.00 bits per heavy atom. The summed E-state index contributed by atoms with van der Waals surface area (Å²) < 4.78 is 0. The third-order valence-corrected chi connectivity index (χ3v) is 3.90. The molecule has 1 aromatic carbocycles. The van der Waals surface area contributed by atoms with Crippen LogP contribution >= 0.6 is 0 Å². The summed E-state index contributed by atoms with van der Waals surface area (Å²) in [6.45, 7) is 1.37. The molecule has 1 amide bonds. The lowest BCUT2D eigenvalue weighted by Gasteiger charge is -2.24. The first-order valence-electron chi connectivity index (χ1n) is 6.92. The fraction of sp³-hybridized carbons (Fsp3) is 0.533. The molecule has 0 bridgehead atoms. The fourth-order valence-electron chi connectivity index (χ4n) is 2.68. The van der Waals surface area contributed by atoms with Crippen LogP contribution in [0.4, 0.5) is 0 Å². The van der Waals surface area contributed by atoms with Crippen LogP contribution < -0.4 is 5.32 Å². The van der Waals surface area contributed by atoms with E-state index in [-0.39, 0.29) is 12.1 Å². The second-order valence-electron chi connectivity index (χ2n) is 5.37. The molecular formula is C15H20N2O. The van der Waals surface area contributed by atoms with Gasteiger partial charge < -0.3 is 4.90 Å². The lowest BCUT2D eigenvalue weighted by Crippen LogP contribution is -2.31. The van der Waals surface area contributed by atoms with Crippen molar-refractivity contribution in [1.29, 1.82) is 0 Å². The van der Waals surface area contributed by atoms with Crippen molar-refractivity contribution in [3.63, 3.8) is 0 Å². The van der Waals surface area contributed by atoms with Crippen molar-refractivity contribution in [2.75, 3.05) is 13.1 Å². The molecule has 1 saturated carbocycles. The first-order chi connectivity index (χ1) is 8.84. The number of hydrogen-bond donors (Lipinski definition) is 1. The van der Waals surface area contributed by atoms with Crippen LogP contribution in [0.2, 0.25) is 0 Å². The molecule has 18 heavy (non-hydrogen) atoms. The van der Waals surface area contributed by atoms with Crippen molar-refractivity contribution in [1.82, 2.24) is 10.2 Å². The molecule has 0 radical (unpaired) electrons. The molecule has 1 aromatic rings. The van der Waals surface area contributed by atoms with E-state index in [4.69, 9.17) is 0 Å². The number of nitrogens with zero attached hydrogens (tertiary/aromatic N) is 1. The molecule has 1 heterocycles. The van der Waals surface area contributed by atoms with Crippen LogP contribution in [-0.2, 0) is 4.79 Å². The highest BCUT2D eigenvalue weighted by Crippen LogP contribution is 2.34. The lowest BCUT2D eigenvalue weighted by atomic mass is 10.1. The molecule has 1 unspecified atom stereocenters. The summed E-state index contributed by atoms with van der Waals surface area (Å²) >= 11 is 0. The Morgan fingerprint density at radius 3 is 2.72 bits per heavy atom. The zero-order valence-corrected chi connectivity index (χ0v) is 10.6. The maximum atomic E-state index is 11.9. The average Bonchev–Trinajstić information content (AvgIpc) is 3.15. The number of amides is 1. The van der Waals surface area contributed by atoms with E-state index < -0.39 is 0 Å². The van der Waals surface area contributed by atoms with Crippen molar-refractivity contribution in [2.45, 2.75) is 31.8 Å². The monoisotopic (exact) mass is 244 g/mol. The van der Waals surface area contributed by atoms with E-state index in [0.29, 0.717) is 6.54 Å². The van der Waals surface area contributed by atoms with Gasteiger partial charge in [-0.05, 0) is 24.3 Å². The van der Waals surface area contributed by atoms with E-state index in [1.54, 1.807) is 0 Å². The smallest absolute Gasteiger partial charge is 0.238 e. The quantitative estimate of drug-likeness (QED) is 0.862. The van der Waals surface area contributed by atoms with Gasteiger partial charge in [0.1, 0.15) is 6.17 Å². The van der Waals surface area contributed by atoms with E-state index in [2.05, 4.69) is 17.4 Å². The zero-order valence-electron chi connectivity index (χ0n) is 10.6. The highest BCUT2D eigenvalue weighted by atomic mass is 16.2. The summed E-state index contributed by atoms with van der Waals surface area (Å²) in [4.78, 5) is 13.9. The van der Waals surface area contributed by atoms with E-state index in [1.807, 2.05) is 23.1 Å². The Morgan fingerprint density at radius 1 is 1.22 bits per heavy atom. The molecule has 0 aromatic heterocycles. The van der Waals surface area contributed by atoms with Gasteiger partial charge in [-0.2, -0.15) is 0 Å². The Bertz CT molecular complexity index is 414. The van der Waals surface area contributed by atoms with Crippen molar-refractivity contribution in [3.05, 3.63) is 35.9 Å². The van der Waals surface area contributed by atoms with Crippen LogP contribution in [0.3, 0.4) is 0 Å². The molecular weight excluding hydrogens is 224 g/mol. The number of benzene rings is 1. The Kier molecular flexibility index (Phi) is 3.33. The highest BCUT2D eigenvalue weighted by Gasteiger charge is 2.31. The molecule has 1 N–H and O–H groups in total. The van der Waals surface area contributed by atoms with Gasteiger partial charge in [-0.1, -0.05) is 43.2 Å². The fourth-order valence-corrected chi connectivity index (χ4v) is 2.68. The number of rotatable bonds is 5. The van der Waals surface area contributed by atoms with Crippen LogP contribution in [0.5, 0.6) is 0 Å². The van der Waals surface area contributed by atoms with Gasteiger partial charge in [0.2, 0.25) is 5.91 Å².